The fraction of sp³-hybridized carbons (Fsp3) is 0.308. The van der Waals surface area contributed by atoms with Crippen LogP contribution in [0.15, 0.2) is 58.1 Å². The Morgan fingerprint density at radius 3 is 2.39 bits per heavy atom. The summed E-state index contributed by atoms with van der Waals surface area (Å²) in [5.74, 6) is 0.611. The Bertz CT molecular complexity index is 1620. The summed E-state index contributed by atoms with van der Waals surface area (Å²) in [6.45, 7) is 3.17. The first-order valence-electron chi connectivity index (χ1n) is 12.1. The van der Waals surface area contributed by atoms with Crippen molar-refractivity contribution in [2.45, 2.75) is 26.3 Å². The van der Waals surface area contributed by atoms with E-state index in [1.54, 1.807) is 46.4 Å². The predicted octanol–water partition coefficient (Wildman–Crippen LogP) is 4.58. The molecule has 4 aromatic rings. The Kier molecular flexibility index (Phi) is 7.73. The van der Waals surface area contributed by atoms with Gasteiger partial charge >= 0.3 is 5.69 Å². The number of halogens is 2. The van der Waals surface area contributed by atoms with Crippen LogP contribution in [0, 0.1) is 5.92 Å². The quantitative estimate of drug-likeness (QED) is 0.315. The zero-order valence-electron chi connectivity index (χ0n) is 20.9. The van der Waals surface area contributed by atoms with Crippen LogP contribution in [-0.2, 0) is 15.9 Å². The summed E-state index contributed by atoms with van der Waals surface area (Å²) in [5.41, 5.74) is 0.797. The van der Waals surface area contributed by atoms with Crippen molar-refractivity contribution in [1.82, 2.24) is 23.4 Å². The van der Waals surface area contributed by atoms with Crippen LogP contribution in [0.5, 0.6) is 0 Å². The average Bonchev–Trinajstić information content (AvgIpc) is 3.30. The van der Waals surface area contributed by atoms with Crippen LogP contribution < -0.4 is 11.2 Å². The summed E-state index contributed by atoms with van der Waals surface area (Å²) in [4.78, 5) is 45.9. The van der Waals surface area contributed by atoms with Gasteiger partial charge in [0.2, 0.25) is 5.91 Å². The maximum atomic E-state index is 13.8. The lowest BCUT2D eigenvalue weighted by molar-refractivity contribution is -0.130. The highest BCUT2D eigenvalue weighted by Gasteiger charge is 2.27. The summed E-state index contributed by atoms with van der Waals surface area (Å²) in [6.07, 6.45) is 1.49. The number of aromatic nitrogens is 4. The molecule has 1 fully saturated rings. The van der Waals surface area contributed by atoms with Crippen LogP contribution in [0.3, 0.4) is 0 Å². The van der Waals surface area contributed by atoms with Gasteiger partial charge in [-0.1, -0.05) is 35.3 Å². The van der Waals surface area contributed by atoms with Crippen molar-refractivity contribution >= 4 is 49.2 Å². The molecule has 0 aliphatic carbocycles. The third-order valence-electron chi connectivity index (χ3n) is 6.83. The van der Waals surface area contributed by atoms with Crippen molar-refractivity contribution in [1.29, 1.82) is 0 Å². The molecule has 0 bridgehead atoms. The fourth-order valence-electron chi connectivity index (χ4n) is 4.88. The van der Waals surface area contributed by atoms with E-state index < -0.39 is 20.2 Å². The van der Waals surface area contributed by atoms with Gasteiger partial charge in [-0.3, -0.25) is 18.7 Å². The molecule has 1 saturated heterocycles. The number of imidazole rings is 1. The number of carbonyl (C=O) groups is 1. The van der Waals surface area contributed by atoms with Crippen molar-refractivity contribution in [3.8, 4) is 17.1 Å². The minimum Gasteiger partial charge on any atom is -0.344 e. The van der Waals surface area contributed by atoms with Crippen LogP contribution in [0.2, 0.25) is 10.0 Å². The first-order valence-corrected chi connectivity index (χ1v) is 13.7. The molecule has 9 nitrogen and oxygen atoms in total. The largest absolute Gasteiger partial charge is 0.344 e. The van der Waals surface area contributed by atoms with Crippen LogP contribution in [0.25, 0.3) is 28.2 Å². The topological polar surface area (TPSA) is 91.4 Å². The van der Waals surface area contributed by atoms with E-state index >= 15 is 0 Å². The van der Waals surface area contributed by atoms with Crippen molar-refractivity contribution in [2.24, 2.45) is 5.92 Å². The third kappa shape index (κ3) is 4.92. The first kappa shape index (κ1) is 26.6. The maximum Gasteiger partial charge on any atom is 0.337 e. The summed E-state index contributed by atoms with van der Waals surface area (Å²) >= 11 is 12.7. The van der Waals surface area contributed by atoms with E-state index in [0.717, 1.165) is 17.2 Å². The molecule has 12 heteroatoms. The molecular formula is C26H26Cl2N5O4P. The predicted molar refractivity (Wildman–Crippen MR) is 151 cm³/mol. The number of piperidine rings is 1. The van der Waals surface area contributed by atoms with E-state index in [0.29, 0.717) is 46.8 Å². The number of rotatable bonds is 6. The monoisotopic (exact) mass is 573 g/mol. The second-order valence-corrected chi connectivity index (χ2v) is 11.1. The summed E-state index contributed by atoms with van der Waals surface area (Å²) < 4.78 is 9.65. The fourth-order valence-corrected chi connectivity index (χ4v) is 5.80. The highest BCUT2D eigenvalue weighted by Crippen LogP contribution is 2.32. The molecule has 3 heterocycles. The number of hydrogen-bond acceptors (Lipinski definition) is 5. The van der Waals surface area contributed by atoms with Crippen molar-refractivity contribution < 1.29 is 9.32 Å². The van der Waals surface area contributed by atoms with Gasteiger partial charge in [0.25, 0.3) is 5.56 Å². The van der Waals surface area contributed by atoms with E-state index in [1.807, 2.05) is 23.1 Å². The number of hydrogen-bond donors (Lipinski definition) is 0. The van der Waals surface area contributed by atoms with Gasteiger partial charge in [0.1, 0.15) is 14.8 Å². The number of benzene rings is 2. The zero-order chi connectivity index (χ0) is 27.0. The van der Waals surface area contributed by atoms with Gasteiger partial charge in [0.15, 0.2) is 11.2 Å². The molecule has 198 valence electrons. The molecule has 1 atom stereocenters. The lowest BCUT2D eigenvalue weighted by atomic mass is 9.96. The zero-order valence-corrected chi connectivity index (χ0v) is 23.4. The van der Waals surface area contributed by atoms with Crippen molar-refractivity contribution in [2.75, 3.05) is 20.2 Å². The standard InChI is InChI=1S/C26H26Cl2N5O4P/c1-16(34)30-13-11-17(12-14-30)15-31-24-22(25(35)33(26(31)36)38-37-2)32(19-9-7-18(27)8-10-19)23(29-24)20-5-3-4-6-21(20)28/h3-10,17,38H,11-15H2,1-2H3. The molecule has 0 saturated carbocycles. The van der Waals surface area contributed by atoms with Gasteiger partial charge in [0, 0.05) is 49.9 Å². The van der Waals surface area contributed by atoms with Crippen LogP contribution in [0.4, 0.5) is 0 Å². The molecule has 5 rings (SSSR count). The number of nitrogens with zero attached hydrogens (tertiary/aromatic N) is 5. The molecule has 1 amide bonds. The highest BCUT2D eigenvalue weighted by atomic mass is 35.5. The number of amides is 1. The van der Waals surface area contributed by atoms with Gasteiger partial charge in [-0.15, -0.1) is 0 Å². The Labute approximate surface area is 230 Å². The molecule has 1 aliphatic rings. The molecule has 0 N–H and O–H groups in total. The number of fused-ring (bicyclic) bond motifs is 1. The molecular weight excluding hydrogens is 548 g/mol. The summed E-state index contributed by atoms with van der Waals surface area (Å²) in [7, 11) is 0.951. The SMILES string of the molecule is COPn1c(=O)c2c(nc(-c3ccccc3Cl)n2-c2ccc(Cl)cc2)n(CC2CCN(C(C)=O)CC2)c1=O. The highest BCUT2D eigenvalue weighted by molar-refractivity contribution is 7.30. The normalized spacial score (nSPS) is 14.7. The van der Waals surface area contributed by atoms with Gasteiger partial charge in [-0.25, -0.2) is 14.1 Å². The van der Waals surface area contributed by atoms with E-state index in [1.165, 1.54) is 7.11 Å². The lowest BCUT2D eigenvalue weighted by Gasteiger charge is -2.31. The Balaban J connectivity index is 1.77. The lowest BCUT2D eigenvalue weighted by Crippen LogP contribution is -2.41. The van der Waals surface area contributed by atoms with Crippen LogP contribution in [0.1, 0.15) is 19.8 Å². The van der Waals surface area contributed by atoms with Gasteiger partial charge < -0.3 is 9.42 Å². The minimum atomic E-state index is -0.506. The molecule has 0 radical (unpaired) electrons. The molecule has 2 aromatic carbocycles. The molecule has 1 aliphatic heterocycles. The summed E-state index contributed by atoms with van der Waals surface area (Å²) in [6, 6.07) is 14.3. The Morgan fingerprint density at radius 2 is 1.76 bits per heavy atom. The second kappa shape index (κ2) is 11.0. The molecule has 1 unspecified atom stereocenters. The average molecular weight is 574 g/mol. The third-order valence-corrected chi connectivity index (χ3v) is 8.17. The summed E-state index contributed by atoms with van der Waals surface area (Å²) in [5, 5.41) is 1.01. The van der Waals surface area contributed by atoms with Crippen LogP contribution in [-0.4, -0.2) is 49.5 Å². The second-order valence-electron chi connectivity index (χ2n) is 9.18. The Hall–Kier alpha value is -2.97. The van der Waals surface area contributed by atoms with E-state index in [-0.39, 0.29) is 23.0 Å². The smallest absolute Gasteiger partial charge is 0.337 e. The minimum absolute atomic E-state index is 0.0453. The van der Waals surface area contributed by atoms with Gasteiger partial charge in [0.05, 0.1) is 5.02 Å². The van der Waals surface area contributed by atoms with E-state index in [4.69, 9.17) is 32.7 Å². The Morgan fingerprint density at radius 1 is 1.08 bits per heavy atom. The molecule has 38 heavy (non-hydrogen) atoms. The number of likely N-dealkylation sites (tertiary alicyclic amines) is 1. The number of carbonyl (C=O) groups excluding carboxylic acids is 1. The van der Waals surface area contributed by atoms with Crippen molar-refractivity contribution in [3.63, 3.8) is 0 Å². The molecule has 2 aromatic heterocycles. The van der Waals surface area contributed by atoms with E-state index in [9.17, 15) is 14.4 Å². The first-order chi connectivity index (χ1) is 18.3. The van der Waals surface area contributed by atoms with Crippen molar-refractivity contribution in [3.05, 3.63) is 79.4 Å². The van der Waals surface area contributed by atoms with E-state index in [2.05, 4.69) is 0 Å². The molecule has 0 spiro atoms. The van der Waals surface area contributed by atoms with Gasteiger partial charge in [-0.05, 0) is 55.2 Å². The maximum absolute atomic E-state index is 13.8. The van der Waals surface area contributed by atoms with Crippen LogP contribution >= 0.6 is 32.2 Å². The van der Waals surface area contributed by atoms with Gasteiger partial charge in [-0.2, -0.15) is 0 Å².